The van der Waals surface area contributed by atoms with Gasteiger partial charge in [0, 0.05) is 27.8 Å². The van der Waals surface area contributed by atoms with Gasteiger partial charge in [0.25, 0.3) is 0 Å². The zero-order valence-corrected chi connectivity index (χ0v) is 25.3. The topological polar surface area (TPSA) is 101 Å². The van der Waals surface area contributed by atoms with Crippen LogP contribution in [-0.2, 0) is 29.4 Å². The largest absolute Gasteiger partial charge is 0.491 e. The highest BCUT2D eigenvalue weighted by molar-refractivity contribution is 6.30. The molecule has 3 atom stereocenters. The molecule has 0 saturated carbocycles. The second kappa shape index (κ2) is 13.3. The summed E-state index contributed by atoms with van der Waals surface area (Å²) in [5.41, 5.74) is 1.91. The summed E-state index contributed by atoms with van der Waals surface area (Å²) in [5, 5.41) is 14.5. The lowest BCUT2D eigenvalue weighted by Crippen LogP contribution is -2.50. The lowest BCUT2D eigenvalue weighted by molar-refractivity contribution is -0.160. The molecule has 45 heavy (non-hydrogen) atoms. The highest BCUT2D eigenvalue weighted by Gasteiger charge is 2.56. The van der Waals surface area contributed by atoms with Gasteiger partial charge in [-0.25, -0.2) is 4.79 Å². The van der Waals surface area contributed by atoms with Gasteiger partial charge >= 0.3 is 11.9 Å². The normalized spacial score (nSPS) is 19.3. The summed E-state index contributed by atoms with van der Waals surface area (Å²) in [6.07, 6.45) is 1.54. The van der Waals surface area contributed by atoms with Crippen molar-refractivity contribution in [1.82, 2.24) is 0 Å². The number of halogens is 1. The molecule has 9 heteroatoms. The molecule has 0 aromatic heterocycles. The molecule has 7 rings (SSSR count). The van der Waals surface area contributed by atoms with E-state index in [9.17, 15) is 14.7 Å². The van der Waals surface area contributed by atoms with Crippen LogP contribution in [0.1, 0.15) is 34.6 Å². The molecule has 4 aromatic carbocycles. The highest BCUT2D eigenvalue weighted by Crippen LogP contribution is 2.58. The van der Waals surface area contributed by atoms with Gasteiger partial charge in [0.05, 0.1) is 19.1 Å². The average molecular weight is 629 g/mol. The van der Waals surface area contributed by atoms with Crippen molar-refractivity contribution in [3.05, 3.63) is 119 Å². The van der Waals surface area contributed by atoms with E-state index >= 15 is 0 Å². The maximum absolute atomic E-state index is 13.5. The fourth-order valence-electron chi connectivity index (χ4n) is 6.39. The number of aliphatic hydroxyl groups is 1. The summed E-state index contributed by atoms with van der Waals surface area (Å²) in [4.78, 5) is 24.5. The van der Waals surface area contributed by atoms with Gasteiger partial charge in [0.15, 0.2) is 0 Å². The van der Waals surface area contributed by atoms with Crippen LogP contribution in [0.5, 0.6) is 11.5 Å². The Morgan fingerprint density at radius 1 is 0.800 bits per heavy atom. The Kier molecular flexibility index (Phi) is 9.07. The second-order valence-corrected chi connectivity index (χ2v) is 11.3. The summed E-state index contributed by atoms with van der Waals surface area (Å²) in [5.74, 6) is -0.457. The first-order chi connectivity index (χ1) is 21.9. The molecule has 0 aliphatic heterocycles. The van der Waals surface area contributed by atoms with Crippen LogP contribution in [0.2, 0.25) is 5.02 Å². The van der Waals surface area contributed by atoms with Crippen LogP contribution in [0.3, 0.4) is 0 Å². The maximum atomic E-state index is 13.5. The molecule has 232 valence electrons. The van der Waals surface area contributed by atoms with Gasteiger partial charge in [0.1, 0.15) is 43.5 Å². The van der Waals surface area contributed by atoms with E-state index in [1.54, 1.807) is 6.07 Å². The predicted molar refractivity (Wildman–Crippen MR) is 169 cm³/mol. The van der Waals surface area contributed by atoms with E-state index in [1.807, 2.05) is 72.8 Å². The first kappa shape index (κ1) is 30.6. The number of fused-ring (bicyclic) bond motifs is 2. The van der Waals surface area contributed by atoms with E-state index in [-0.39, 0.29) is 32.3 Å². The van der Waals surface area contributed by atoms with Crippen molar-refractivity contribution in [2.24, 2.45) is 5.92 Å². The minimum Gasteiger partial charge on any atom is -0.491 e. The molecular formula is C36H33ClO8. The van der Waals surface area contributed by atoms with Crippen molar-refractivity contribution in [3.8, 4) is 11.5 Å². The number of ether oxygens (including phenoxy) is 5. The minimum absolute atomic E-state index is 0.0250. The summed E-state index contributed by atoms with van der Waals surface area (Å²) >= 11 is 6.31. The molecule has 0 fully saturated rings. The van der Waals surface area contributed by atoms with Crippen molar-refractivity contribution in [3.63, 3.8) is 0 Å². The van der Waals surface area contributed by atoms with Gasteiger partial charge in [-0.15, -0.1) is 0 Å². The number of hydrogen-bond acceptors (Lipinski definition) is 8. The maximum Gasteiger partial charge on any atom is 0.330 e. The number of carbonyl (C=O) groups excluding carboxylic acids is 2. The Morgan fingerprint density at radius 2 is 1.42 bits per heavy atom. The Hall–Kier alpha value is -4.37. The van der Waals surface area contributed by atoms with Gasteiger partial charge in [-0.3, -0.25) is 4.79 Å². The standard InChI is InChI=1S/C36H33ClO8/c1-2-34(38)44-18-16-41-15-17-42-32-13-14-33(26-9-4-3-8-25(26)32)43-19-20-45-35(39)31-22-27-24-7-5-6-10-29(24)36(31,40)30-12-11-23(37)21-28(27)30/h2-14,21,27,31,40H,1,15-20,22H2. The van der Waals surface area contributed by atoms with E-state index in [0.717, 1.165) is 33.5 Å². The number of carbonyl (C=O) groups is 2. The second-order valence-electron chi connectivity index (χ2n) is 10.9. The molecule has 3 unspecified atom stereocenters. The molecule has 3 aliphatic carbocycles. The molecule has 0 radical (unpaired) electrons. The third-order valence-electron chi connectivity index (χ3n) is 8.36. The molecule has 8 nitrogen and oxygen atoms in total. The van der Waals surface area contributed by atoms with Crippen LogP contribution in [0.25, 0.3) is 10.8 Å². The number of hydrogen-bond donors (Lipinski definition) is 1. The van der Waals surface area contributed by atoms with Crippen LogP contribution in [0, 0.1) is 5.92 Å². The summed E-state index contributed by atoms with van der Waals surface area (Å²) in [6, 6.07) is 24.5. The first-order valence-corrected chi connectivity index (χ1v) is 15.2. The molecular weight excluding hydrogens is 596 g/mol. The molecule has 0 amide bonds. The van der Waals surface area contributed by atoms with Crippen molar-refractivity contribution >= 4 is 34.3 Å². The first-order valence-electron chi connectivity index (χ1n) is 14.8. The van der Waals surface area contributed by atoms with Gasteiger partial charge in [-0.2, -0.15) is 0 Å². The highest BCUT2D eigenvalue weighted by atomic mass is 35.5. The van der Waals surface area contributed by atoms with Crippen LogP contribution in [0.15, 0.2) is 91.5 Å². The predicted octanol–water partition coefficient (Wildman–Crippen LogP) is 5.94. The number of rotatable bonds is 13. The van der Waals surface area contributed by atoms with Crippen LogP contribution in [-0.4, -0.2) is 56.7 Å². The Balaban J connectivity index is 1.05. The molecule has 0 saturated heterocycles. The molecule has 4 aromatic rings. The monoisotopic (exact) mass is 628 g/mol. The fourth-order valence-corrected chi connectivity index (χ4v) is 6.58. The summed E-state index contributed by atoms with van der Waals surface area (Å²) in [6.45, 7) is 4.55. The smallest absolute Gasteiger partial charge is 0.330 e. The average Bonchev–Trinajstić information content (AvgIpc) is 3.06. The zero-order chi connectivity index (χ0) is 31.4. The molecule has 0 heterocycles. The SMILES string of the molecule is C=CC(=O)OCCOCCOc1ccc(OCCOC(=O)C2CC3c4ccccc4C2(O)c2ccc(Cl)cc23)c2ccccc12. The van der Waals surface area contributed by atoms with E-state index in [4.69, 9.17) is 35.3 Å². The molecule has 1 N–H and O–H groups in total. The van der Waals surface area contributed by atoms with Crippen molar-refractivity contribution < 1.29 is 38.4 Å². The summed E-state index contributed by atoms with van der Waals surface area (Å²) in [7, 11) is 0. The van der Waals surface area contributed by atoms with Crippen molar-refractivity contribution in [2.45, 2.75) is 17.9 Å². The quantitative estimate of drug-likeness (QED) is 0.110. The molecule has 2 bridgehead atoms. The van der Waals surface area contributed by atoms with Gasteiger partial charge in [-0.1, -0.05) is 72.8 Å². The van der Waals surface area contributed by atoms with Crippen LogP contribution >= 0.6 is 11.6 Å². The molecule has 0 spiro atoms. The van der Waals surface area contributed by atoms with E-state index < -0.39 is 23.5 Å². The van der Waals surface area contributed by atoms with Crippen LogP contribution in [0.4, 0.5) is 0 Å². The Morgan fingerprint density at radius 3 is 2.16 bits per heavy atom. The van der Waals surface area contributed by atoms with Gasteiger partial charge < -0.3 is 28.8 Å². The van der Waals surface area contributed by atoms with Crippen molar-refractivity contribution in [1.29, 1.82) is 0 Å². The van der Waals surface area contributed by atoms with E-state index in [2.05, 4.69) is 6.58 Å². The number of benzene rings is 4. The van der Waals surface area contributed by atoms with Gasteiger partial charge in [-0.05, 0) is 52.9 Å². The van der Waals surface area contributed by atoms with E-state index in [1.165, 1.54) is 0 Å². The summed E-state index contributed by atoms with van der Waals surface area (Å²) < 4.78 is 28.0. The van der Waals surface area contributed by atoms with Crippen molar-refractivity contribution in [2.75, 3.05) is 39.6 Å². The molecule has 3 aliphatic rings. The van der Waals surface area contributed by atoms with Crippen LogP contribution < -0.4 is 9.47 Å². The zero-order valence-electron chi connectivity index (χ0n) is 24.6. The fraction of sp³-hybridized carbons (Fsp3) is 0.278. The third-order valence-corrected chi connectivity index (χ3v) is 8.59. The number of esters is 2. The van der Waals surface area contributed by atoms with E-state index in [0.29, 0.717) is 41.7 Å². The minimum atomic E-state index is -1.50. The van der Waals surface area contributed by atoms with Gasteiger partial charge in [0.2, 0.25) is 0 Å². The Bertz CT molecular complexity index is 1740. The lowest BCUT2D eigenvalue weighted by atomic mass is 9.56. The third kappa shape index (κ3) is 6.01. The Labute approximate surface area is 266 Å². The lowest BCUT2D eigenvalue weighted by Gasteiger charge is -2.50.